The largest absolute Gasteiger partial charge is 0.488 e. The molecule has 5 nitrogen and oxygen atoms in total. The van der Waals surface area contributed by atoms with Gasteiger partial charge in [-0.25, -0.2) is 0 Å². The first kappa shape index (κ1) is 24.0. The predicted molar refractivity (Wildman–Crippen MR) is 163 cm³/mol. The minimum absolute atomic E-state index is 0.460. The van der Waals surface area contributed by atoms with Crippen molar-refractivity contribution in [2.45, 2.75) is 0 Å². The highest BCUT2D eigenvalue weighted by molar-refractivity contribution is 6.59. The van der Waals surface area contributed by atoms with E-state index in [-0.39, 0.29) is 0 Å². The van der Waals surface area contributed by atoms with E-state index in [4.69, 9.17) is 0 Å². The van der Waals surface area contributed by atoms with Gasteiger partial charge in [0.2, 0.25) is 0 Å². The molecule has 6 heteroatoms. The summed E-state index contributed by atoms with van der Waals surface area (Å²) < 4.78 is 2.17. The van der Waals surface area contributed by atoms with Crippen LogP contribution >= 0.6 is 0 Å². The van der Waals surface area contributed by atoms with Crippen LogP contribution in [0.15, 0.2) is 134 Å². The maximum atomic E-state index is 9.83. The second kappa shape index (κ2) is 9.93. The van der Waals surface area contributed by atoms with E-state index in [1.807, 2.05) is 73.1 Å². The molecule has 0 fully saturated rings. The van der Waals surface area contributed by atoms with Crippen LogP contribution in [-0.4, -0.2) is 31.7 Å². The number of hydrogen-bond acceptors (Lipinski definition) is 4. The van der Waals surface area contributed by atoms with Crippen molar-refractivity contribution in [3.05, 3.63) is 134 Å². The van der Waals surface area contributed by atoms with E-state index < -0.39 is 7.12 Å². The van der Waals surface area contributed by atoms with Gasteiger partial charge in [-0.2, -0.15) is 0 Å². The number of pyridine rings is 2. The average molecular weight is 517 g/mol. The molecule has 7 rings (SSSR count). The normalized spacial score (nSPS) is 11.2. The summed E-state index contributed by atoms with van der Waals surface area (Å²) in [6.45, 7) is 0. The number of benzene rings is 4. The first-order valence-electron chi connectivity index (χ1n) is 13.1. The van der Waals surface area contributed by atoms with E-state index >= 15 is 0 Å². The summed E-state index contributed by atoms with van der Waals surface area (Å²) in [7, 11) is -1.53. The molecule has 4 aromatic carbocycles. The maximum absolute atomic E-state index is 9.83. The molecule has 0 radical (unpaired) electrons. The summed E-state index contributed by atoms with van der Waals surface area (Å²) in [4.78, 5) is 9.17. The van der Waals surface area contributed by atoms with Gasteiger partial charge in [-0.15, -0.1) is 0 Å². The fourth-order valence-electron chi connectivity index (χ4n) is 5.39. The number of hydrogen-bond donors (Lipinski definition) is 2. The van der Waals surface area contributed by atoms with Crippen molar-refractivity contribution in [3.63, 3.8) is 0 Å². The molecule has 190 valence electrons. The molecule has 7 aromatic rings. The molecule has 40 heavy (non-hydrogen) atoms. The lowest BCUT2D eigenvalue weighted by molar-refractivity contribution is 0.426. The van der Waals surface area contributed by atoms with Crippen LogP contribution in [0, 0.1) is 0 Å². The molecule has 0 aliphatic rings. The lowest BCUT2D eigenvalue weighted by atomic mass is 9.80. The molecular weight excluding hydrogens is 493 g/mol. The molecule has 0 bridgehead atoms. The summed E-state index contributed by atoms with van der Waals surface area (Å²) in [5, 5.41) is 21.8. The molecule has 0 aliphatic heterocycles. The highest BCUT2D eigenvalue weighted by Crippen LogP contribution is 2.34. The molecule has 0 amide bonds. The van der Waals surface area contributed by atoms with Crippen LogP contribution in [0.3, 0.4) is 0 Å². The average Bonchev–Trinajstić information content (AvgIpc) is 3.35. The van der Waals surface area contributed by atoms with Gasteiger partial charge in [0, 0.05) is 40.0 Å². The number of aromatic nitrogens is 3. The quantitative estimate of drug-likeness (QED) is 0.265. The Morgan fingerprint density at radius 1 is 0.500 bits per heavy atom. The van der Waals surface area contributed by atoms with Gasteiger partial charge in [0.05, 0.1) is 22.4 Å². The summed E-state index contributed by atoms with van der Waals surface area (Å²) in [5.74, 6) is 0. The van der Waals surface area contributed by atoms with Crippen LogP contribution in [0.5, 0.6) is 0 Å². The number of rotatable bonds is 5. The molecule has 0 spiro atoms. The second-order valence-electron chi connectivity index (χ2n) is 9.78. The van der Waals surface area contributed by atoms with Gasteiger partial charge in [0.15, 0.2) is 0 Å². The number of nitrogens with zero attached hydrogens (tertiary/aromatic N) is 3. The number of fused-ring (bicyclic) bond motifs is 3. The van der Waals surface area contributed by atoms with Crippen LogP contribution in [-0.2, 0) is 0 Å². The SMILES string of the molecule is OB(O)c1ccc2c3ccccc3n(-c3ccc(-c4cc(-c5ccccn5)cc(-c5ccccn5)c4)cc3)c2c1. The Kier molecular flexibility index (Phi) is 5.97. The molecule has 0 saturated heterocycles. The van der Waals surface area contributed by atoms with Crippen LogP contribution < -0.4 is 5.46 Å². The van der Waals surface area contributed by atoms with Gasteiger partial charge < -0.3 is 14.6 Å². The summed E-state index contributed by atoms with van der Waals surface area (Å²) in [6, 6.07) is 40.6. The Morgan fingerprint density at radius 3 is 1.73 bits per heavy atom. The number of para-hydroxylation sites is 1. The van der Waals surface area contributed by atoms with E-state index in [1.54, 1.807) is 6.07 Å². The third-order valence-electron chi connectivity index (χ3n) is 7.31. The first-order valence-corrected chi connectivity index (χ1v) is 13.1. The van der Waals surface area contributed by atoms with Crippen molar-refractivity contribution in [1.29, 1.82) is 0 Å². The second-order valence-corrected chi connectivity index (χ2v) is 9.78. The topological polar surface area (TPSA) is 71.2 Å². The molecular formula is C34H24BN3O2. The van der Waals surface area contributed by atoms with E-state index in [0.29, 0.717) is 5.46 Å². The fraction of sp³-hybridized carbons (Fsp3) is 0. The summed E-state index contributed by atoms with van der Waals surface area (Å²) >= 11 is 0. The highest BCUT2D eigenvalue weighted by Gasteiger charge is 2.17. The lowest BCUT2D eigenvalue weighted by Crippen LogP contribution is -2.29. The van der Waals surface area contributed by atoms with Crippen molar-refractivity contribution >= 4 is 34.4 Å². The Labute approximate surface area is 231 Å². The third kappa shape index (κ3) is 4.26. The molecule has 0 saturated carbocycles. The molecule has 3 aromatic heterocycles. The van der Waals surface area contributed by atoms with Crippen molar-refractivity contribution in [3.8, 4) is 39.3 Å². The summed E-state index contributed by atoms with van der Waals surface area (Å²) in [5.41, 5.74) is 9.45. The predicted octanol–water partition coefficient (Wildman–Crippen LogP) is 6.25. The van der Waals surface area contributed by atoms with Gasteiger partial charge in [-0.05, 0) is 83.3 Å². The van der Waals surface area contributed by atoms with Gasteiger partial charge in [-0.1, -0.05) is 54.6 Å². The molecule has 0 unspecified atom stereocenters. The first-order chi connectivity index (χ1) is 19.7. The van der Waals surface area contributed by atoms with Gasteiger partial charge in [0.25, 0.3) is 0 Å². The Hall–Kier alpha value is -5.04. The van der Waals surface area contributed by atoms with Crippen molar-refractivity contribution in [1.82, 2.24) is 14.5 Å². The molecule has 0 aliphatic carbocycles. The van der Waals surface area contributed by atoms with Crippen molar-refractivity contribution < 1.29 is 10.0 Å². The third-order valence-corrected chi connectivity index (χ3v) is 7.31. The van der Waals surface area contributed by atoms with Gasteiger partial charge >= 0.3 is 7.12 Å². The van der Waals surface area contributed by atoms with Crippen LogP contribution in [0.4, 0.5) is 0 Å². The van der Waals surface area contributed by atoms with Crippen LogP contribution in [0.25, 0.3) is 61.1 Å². The molecule has 2 N–H and O–H groups in total. The maximum Gasteiger partial charge on any atom is 0.488 e. The highest BCUT2D eigenvalue weighted by atomic mass is 16.4. The van der Waals surface area contributed by atoms with E-state index in [9.17, 15) is 10.0 Å². The van der Waals surface area contributed by atoms with Gasteiger partial charge in [-0.3, -0.25) is 9.97 Å². The Balaban J connectivity index is 1.37. The lowest BCUT2D eigenvalue weighted by Gasteiger charge is -2.12. The molecule has 3 heterocycles. The minimum Gasteiger partial charge on any atom is -0.423 e. The standard InChI is InChI=1S/C34H24BN3O2/c39-35(40)27-13-16-30-29-7-1-2-10-33(29)38(34(30)22-27)28-14-11-23(12-15-28)24-19-25(31-8-3-5-17-36-31)21-26(20-24)32-9-4-6-18-37-32/h1-22,39-40H. The fourth-order valence-corrected chi connectivity index (χ4v) is 5.39. The molecule has 0 atom stereocenters. The van der Waals surface area contributed by atoms with E-state index in [0.717, 1.165) is 61.1 Å². The van der Waals surface area contributed by atoms with Crippen LogP contribution in [0.2, 0.25) is 0 Å². The summed E-state index contributed by atoms with van der Waals surface area (Å²) in [6.07, 6.45) is 3.62. The van der Waals surface area contributed by atoms with Crippen molar-refractivity contribution in [2.75, 3.05) is 0 Å². The zero-order valence-electron chi connectivity index (χ0n) is 21.5. The van der Waals surface area contributed by atoms with Crippen LogP contribution in [0.1, 0.15) is 0 Å². The Bertz CT molecular complexity index is 1910. The monoisotopic (exact) mass is 517 g/mol. The van der Waals surface area contributed by atoms with Crippen molar-refractivity contribution in [2.24, 2.45) is 0 Å². The van der Waals surface area contributed by atoms with E-state index in [1.165, 1.54) is 0 Å². The zero-order chi connectivity index (χ0) is 27.1. The van der Waals surface area contributed by atoms with Gasteiger partial charge in [0.1, 0.15) is 0 Å². The van der Waals surface area contributed by atoms with E-state index in [2.05, 4.69) is 69.1 Å². The zero-order valence-corrected chi connectivity index (χ0v) is 21.5. The Morgan fingerprint density at radius 2 is 1.10 bits per heavy atom. The minimum atomic E-state index is -1.53. The smallest absolute Gasteiger partial charge is 0.423 e.